The molecule has 0 atom stereocenters. The molecule has 2 spiro atoms. The summed E-state index contributed by atoms with van der Waals surface area (Å²) >= 11 is 0. The van der Waals surface area contributed by atoms with Crippen molar-refractivity contribution in [3.8, 4) is 33.5 Å². The zero-order valence-electron chi connectivity index (χ0n) is 39.5. The molecule has 2 aliphatic carbocycles. The molecule has 0 saturated heterocycles. The van der Waals surface area contributed by atoms with E-state index < -0.39 is 10.8 Å². The topological polar surface area (TPSA) is 19.4 Å². The quantitative estimate of drug-likeness (QED) is 0.121. The third kappa shape index (κ3) is 4.31. The van der Waals surface area contributed by atoms with Crippen LogP contribution in [0, 0.1) is 0 Å². The van der Waals surface area contributed by atoms with Gasteiger partial charge in [-0.3, -0.25) is 0 Å². The molecule has 0 bridgehead atoms. The molecule has 12 aromatic rings. The van der Waals surface area contributed by atoms with Gasteiger partial charge in [0.25, 0.3) is 6.71 Å². The van der Waals surface area contributed by atoms with Crippen molar-refractivity contribution in [2.45, 2.75) is 10.8 Å². The van der Waals surface area contributed by atoms with Crippen molar-refractivity contribution < 1.29 is 0 Å². The van der Waals surface area contributed by atoms with Crippen LogP contribution in [0.15, 0.2) is 243 Å². The number of para-hydroxylation sites is 4. The van der Waals surface area contributed by atoms with Gasteiger partial charge in [-0.1, -0.05) is 224 Å². The van der Waals surface area contributed by atoms with Crippen molar-refractivity contribution in [1.82, 2.24) is 4.98 Å². The van der Waals surface area contributed by atoms with Crippen molar-refractivity contribution in [2.24, 2.45) is 0 Å². The number of benzene rings is 11. The average Bonchev–Trinajstić information content (AvgIpc) is 3.93. The minimum Gasteiger partial charge on any atom is -0.311 e. The molecule has 0 saturated carbocycles. The second kappa shape index (κ2) is 13.4. The molecule has 73 heavy (non-hydrogen) atoms. The van der Waals surface area contributed by atoms with E-state index in [1.807, 2.05) is 0 Å². The maximum absolute atomic E-state index is 6.01. The Hall–Kier alpha value is -9.25. The first-order valence-corrected chi connectivity index (χ1v) is 25.7. The Morgan fingerprint density at radius 2 is 0.740 bits per heavy atom. The highest BCUT2D eigenvalue weighted by molar-refractivity contribution is 7.00. The molecule has 5 heterocycles. The monoisotopic (exact) mass is 921 g/mol. The molecule has 18 rings (SSSR count). The number of hydrogen-bond donors (Lipinski definition) is 0. The SMILES string of the molecule is c1ccc(-c2nc3c4c5c(cc3c3ccccc23)N2c3ccccc3C3(c6ccccc6-c6ccccc63)c3cccc(c32)B5c2cccc3c2N4c2ccccc2C32c3ccccc3-c3ccccc32)cc1. The van der Waals surface area contributed by atoms with Crippen LogP contribution in [-0.4, -0.2) is 11.7 Å². The second-order valence-corrected chi connectivity index (χ2v) is 20.7. The van der Waals surface area contributed by atoms with Crippen LogP contribution in [0.2, 0.25) is 0 Å². The lowest BCUT2D eigenvalue weighted by Gasteiger charge is -2.53. The molecule has 0 N–H and O–H groups in total. The van der Waals surface area contributed by atoms with Crippen LogP contribution >= 0.6 is 0 Å². The summed E-state index contributed by atoms with van der Waals surface area (Å²) in [4.78, 5) is 11.3. The number of pyridine rings is 1. The van der Waals surface area contributed by atoms with Gasteiger partial charge in [0.2, 0.25) is 0 Å². The van der Waals surface area contributed by atoms with Gasteiger partial charge in [0.1, 0.15) is 0 Å². The summed E-state index contributed by atoms with van der Waals surface area (Å²) in [6, 6.07) is 92.1. The minimum absolute atomic E-state index is 0.122. The molecular formula is C69H40BN3. The molecule has 0 amide bonds. The lowest BCUT2D eigenvalue weighted by atomic mass is 9.32. The van der Waals surface area contributed by atoms with Crippen LogP contribution < -0.4 is 26.2 Å². The van der Waals surface area contributed by atoms with Gasteiger partial charge in [-0.05, 0) is 107 Å². The van der Waals surface area contributed by atoms with Crippen molar-refractivity contribution >= 4 is 78.9 Å². The molecule has 1 aromatic heterocycles. The summed E-state index contributed by atoms with van der Waals surface area (Å²) in [7, 11) is 0. The Labute approximate surface area is 423 Å². The molecule has 4 heteroatoms. The fourth-order valence-corrected chi connectivity index (χ4v) is 15.4. The van der Waals surface area contributed by atoms with E-state index in [2.05, 4.69) is 252 Å². The maximum atomic E-state index is 6.01. The van der Waals surface area contributed by atoms with E-state index >= 15 is 0 Å². The number of hydrogen-bond acceptors (Lipinski definition) is 3. The number of aromatic nitrogens is 1. The Morgan fingerprint density at radius 1 is 0.315 bits per heavy atom. The zero-order chi connectivity index (χ0) is 47.3. The Bertz CT molecular complexity index is 4390. The van der Waals surface area contributed by atoms with Crippen molar-refractivity contribution in [2.75, 3.05) is 9.80 Å². The number of anilines is 6. The van der Waals surface area contributed by atoms with Gasteiger partial charge in [-0.25, -0.2) is 4.98 Å². The number of rotatable bonds is 1. The summed E-state index contributed by atoms with van der Waals surface area (Å²) in [6.45, 7) is -0.122. The predicted octanol–water partition coefficient (Wildman–Crippen LogP) is 14.5. The van der Waals surface area contributed by atoms with E-state index in [4.69, 9.17) is 4.98 Å². The number of fused-ring (bicyclic) bond motifs is 26. The molecule has 3 nitrogen and oxygen atoms in total. The van der Waals surface area contributed by atoms with Crippen molar-refractivity contribution in [3.63, 3.8) is 0 Å². The van der Waals surface area contributed by atoms with Crippen LogP contribution in [-0.2, 0) is 10.8 Å². The van der Waals surface area contributed by atoms with E-state index in [-0.39, 0.29) is 6.71 Å². The van der Waals surface area contributed by atoms with E-state index in [0.717, 1.165) is 33.2 Å². The first kappa shape index (κ1) is 38.5. The van der Waals surface area contributed by atoms with Crippen LogP contribution in [0.1, 0.15) is 44.5 Å². The van der Waals surface area contributed by atoms with E-state index in [9.17, 15) is 0 Å². The summed E-state index contributed by atoms with van der Waals surface area (Å²) in [5, 5.41) is 3.49. The molecular weight excluding hydrogens is 882 g/mol. The highest BCUT2D eigenvalue weighted by Crippen LogP contribution is 2.67. The molecule has 0 unspecified atom stereocenters. The Morgan fingerprint density at radius 3 is 1.29 bits per heavy atom. The van der Waals surface area contributed by atoms with Gasteiger partial charge in [0.05, 0.1) is 39.1 Å². The largest absolute Gasteiger partial charge is 0.311 e. The Kier molecular flexibility index (Phi) is 7.06. The molecule has 4 aliphatic heterocycles. The third-order valence-corrected chi connectivity index (χ3v) is 17.8. The van der Waals surface area contributed by atoms with Gasteiger partial charge >= 0.3 is 0 Å². The molecule has 11 aromatic carbocycles. The van der Waals surface area contributed by atoms with Gasteiger partial charge in [-0.2, -0.15) is 0 Å². The third-order valence-electron chi connectivity index (χ3n) is 17.8. The van der Waals surface area contributed by atoms with Gasteiger partial charge in [0, 0.05) is 33.4 Å². The summed E-state index contributed by atoms with van der Waals surface area (Å²) in [5.41, 5.74) is 29.0. The molecule has 334 valence electrons. The standard InChI is InChI=1S/C69H40BN3/c1-2-20-41(21-3-1)63-47-27-5-4-22-42(47)48-40-61-62-67(64(48)71-63)73-60-39-17-15-33-54(60)69(51-30-12-8-25-45(51)46-26-9-13-31-52(46)69)56-35-19-37-58(66(56)73)70(62)57-36-18-34-55-65(57)72(61)59-38-16-14-32-53(59)68(55)49-28-10-6-23-43(49)44-24-7-11-29-50(44)68/h1-40H. The molecule has 0 fully saturated rings. The van der Waals surface area contributed by atoms with E-state index in [1.165, 1.54) is 117 Å². The van der Waals surface area contributed by atoms with Gasteiger partial charge in [0.15, 0.2) is 0 Å². The minimum atomic E-state index is -0.567. The van der Waals surface area contributed by atoms with E-state index in [1.54, 1.807) is 0 Å². The van der Waals surface area contributed by atoms with Gasteiger partial charge in [-0.15, -0.1) is 0 Å². The zero-order valence-corrected chi connectivity index (χ0v) is 39.5. The lowest BCUT2D eigenvalue weighted by molar-refractivity contribution is 0.752. The van der Waals surface area contributed by atoms with Crippen molar-refractivity contribution in [1.29, 1.82) is 0 Å². The average molecular weight is 922 g/mol. The van der Waals surface area contributed by atoms with Crippen LogP contribution in [0.3, 0.4) is 0 Å². The highest BCUT2D eigenvalue weighted by Gasteiger charge is 2.58. The van der Waals surface area contributed by atoms with E-state index in [0.29, 0.717) is 0 Å². The van der Waals surface area contributed by atoms with Crippen LogP contribution in [0.25, 0.3) is 55.2 Å². The first-order chi connectivity index (χ1) is 36.3. The van der Waals surface area contributed by atoms with Crippen molar-refractivity contribution in [3.05, 3.63) is 287 Å². The number of nitrogens with zero attached hydrogens (tertiary/aromatic N) is 3. The first-order valence-electron chi connectivity index (χ1n) is 25.7. The van der Waals surface area contributed by atoms with Crippen LogP contribution in [0.4, 0.5) is 34.1 Å². The smallest absolute Gasteiger partial charge is 0.252 e. The fourth-order valence-electron chi connectivity index (χ4n) is 15.4. The lowest BCUT2D eigenvalue weighted by Crippen LogP contribution is -2.63. The highest BCUT2D eigenvalue weighted by atomic mass is 15.2. The predicted molar refractivity (Wildman–Crippen MR) is 300 cm³/mol. The fraction of sp³-hybridized carbons (Fsp3) is 0.0290. The molecule has 6 aliphatic rings. The second-order valence-electron chi connectivity index (χ2n) is 20.7. The van der Waals surface area contributed by atoms with Crippen LogP contribution in [0.5, 0.6) is 0 Å². The van der Waals surface area contributed by atoms with Gasteiger partial charge < -0.3 is 9.80 Å². The maximum Gasteiger partial charge on any atom is 0.252 e. The summed E-state index contributed by atoms with van der Waals surface area (Å²) < 4.78 is 0. The Balaban J connectivity index is 1.05. The summed E-state index contributed by atoms with van der Waals surface area (Å²) in [6.07, 6.45) is 0. The summed E-state index contributed by atoms with van der Waals surface area (Å²) in [5.74, 6) is 0. The molecule has 0 radical (unpaired) electrons. The normalized spacial score (nSPS) is 15.3.